The molecule has 0 saturated heterocycles. The van der Waals surface area contributed by atoms with Crippen molar-refractivity contribution in [1.82, 2.24) is 4.90 Å². The Balaban J connectivity index is 2.97. The van der Waals surface area contributed by atoms with Crippen LogP contribution in [0.25, 0.3) is 0 Å². The lowest BCUT2D eigenvalue weighted by Gasteiger charge is -2.01. The monoisotopic (exact) mass is 101 g/mol. The fourth-order valence-electron chi connectivity index (χ4n) is 0.210. The first-order valence-corrected chi connectivity index (χ1v) is 2.14. The smallest absolute Gasteiger partial charge is 0.0380 e. The van der Waals surface area contributed by atoms with Crippen LogP contribution in [0.3, 0.4) is 0 Å². The van der Waals surface area contributed by atoms with Crippen molar-refractivity contribution in [2.24, 2.45) is 10.9 Å². The van der Waals surface area contributed by atoms with E-state index in [9.17, 15) is 0 Å². The molecule has 0 fully saturated rings. The molecule has 7 heavy (non-hydrogen) atoms. The van der Waals surface area contributed by atoms with Crippen molar-refractivity contribution in [3.63, 3.8) is 0 Å². The highest BCUT2D eigenvalue weighted by Crippen LogP contribution is 1.64. The fraction of sp³-hybridized carbons (Fsp3) is 0.750. The van der Waals surface area contributed by atoms with Gasteiger partial charge in [-0.25, -0.2) is 0 Å². The van der Waals surface area contributed by atoms with Crippen molar-refractivity contribution >= 4 is 6.21 Å². The number of hydrazone groups is 1. The Kier molecular flexibility index (Phi) is 3.32. The summed E-state index contributed by atoms with van der Waals surface area (Å²) in [6.07, 6.45) is 1.65. The normalized spacial score (nSPS) is 11.3. The van der Waals surface area contributed by atoms with Gasteiger partial charge in [-0.05, 0) is 14.1 Å². The van der Waals surface area contributed by atoms with E-state index < -0.39 is 0 Å². The van der Waals surface area contributed by atoms with Crippen LogP contribution in [0.2, 0.25) is 0 Å². The highest BCUT2D eigenvalue weighted by atomic mass is 15.1. The number of nitrogens with zero attached hydrogens (tertiary/aromatic N) is 2. The van der Waals surface area contributed by atoms with E-state index in [4.69, 9.17) is 5.84 Å². The van der Waals surface area contributed by atoms with Gasteiger partial charge in [-0.3, -0.25) is 0 Å². The molecule has 0 spiro atoms. The van der Waals surface area contributed by atoms with Crippen molar-refractivity contribution in [1.29, 1.82) is 0 Å². The second-order valence-electron chi connectivity index (χ2n) is 1.59. The molecule has 0 amide bonds. The Hall–Kier alpha value is -0.570. The Bertz CT molecular complexity index is 58.0. The van der Waals surface area contributed by atoms with E-state index in [1.54, 1.807) is 6.21 Å². The molecular formula is C4H11N3. The molecule has 0 aromatic rings. The van der Waals surface area contributed by atoms with Gasteiger partial charge >= 0.3 is 0 Å². The van der Waals surface area contributed by atoms with Crippen molar-refractivity contribution < 1.29 is 0 Å². The third-order valence-electron chi connectivity index (χ3n) is 0.552. The molecule has 42 valence electrons. The molecule has 0 heterocycles. The number of nitrogens with two attached hydrogens (primary N) is 1. The van der Waals surface area contributed by atoms with E-state index >= 15 is 0 Å². The molecule has 0 rings (SSSR count). The fourth-order valence-corrected chi connectivity index (χ4v) is 0.210. The average molecular weight is 101 g/mol. The minimum Gasteiger partial charge on any atom is -0.324 e. The SMILES string of the molecule is CN(C)CC=NN. The molecule has 0 bridgehead atoms. The van der Waals surface area contributed by atoms with Gasteiger partial charge in [0, 0.05) is 12.8 Å². The van der Waals surface area contributed by atoms with Crippen molar-refractivity contribution in [3.05, 3.63) is 0 Å². The molecule has 0 aromatic carbocycles. The molecule has 0 aliphatic rings. The maximum absolute atomic E-state index is 4.82. The Labute approximate surface area is 43.8 Å². The summed E-state index contributed by atoms with van der Waals surface area (Å²) in [5.41, 5.74) is 0. The lowest BCUT2D eigenvalue weighted by Crippen LogP contribution is -2.14. The van der Waals surface area contributed by atoms with Crippen LogP contribution >= 0.6 is 0 Å². The van der Waals surface area contributed by atoms with Gasteiger partial charge in [0.05, 0.1) is 0 Å². The second-order valence-corrected chi connectivity index (χ2v) is 1.59. The molecule has 2 N–H and O–H groups in total. The molecule has 0 radical (unpaired) electrons. The van der Waals surface area contributed by atoms with Crippen LogP contribution in [0.4, 0.5) is 0 Å². The summed E-state index contributed by atoms with van der Waals surface area (Å²) in [4.78, 5) is 1.98. The minimum atomic E-state index is 0.816. The van der Waals surface area contributed by atoms with Gasteiger partial charge < -0.3 is 10.7 Å². The van der Waals surface area contributed by atoms with E-state index in [0.717, 1.165) is 6.54 Å². The Morgan fingerprint density at radius 2 is 2.29 bits per heavy atom. The van der Waals surface area contributed by atoms with Crippen molar-refractivity contribution in [3.8, 4) is 0 Å². The van der Waals surface area contributed by atoms with Crippen LogP contribution < -0.4 is 5.84 Å². The second kappa shape index (κ2) is 3.61. The molecule has 0 aliphatic carbocycles. The van der Waals surface area contributed by atoms with E-state index in [0.29, 0.717) is 0 Å². The van der Waals surface area contributed by atoms with E-state index in [-0.39, 0.29) is 0 Å². The lowest BCUT2D eigenvalue weighted by molar-refractivity contribution is 0.473. The van der Waals surface area contributed by atoms with E-state index in [1.165, 1.54) is 0 Å². The summed E-state index contributed by atoms with van der Waals surface area (Å²) >= 11 is 0. The van der Waals surface area contributed by atoms with E-state index in [1.807, 2.05) is 19.0 Å². The molecule has 0 aromatic heterocycles. The third-order valence-corrected chi connectivity index (χ3v) is 0.552. The van der Waals surface area contributed by atoms with Crippen LogP contribution in [0.1, 0.15) is 0 Å². The average Bonchev–Trinajstić information content (AvgIpc) is 1.61. The molecular weight excluding hydrogens is 90.1 g/mol. The van der Waals surface area contributed by atoms with Gasteiger partial charge in [0.15, 0.2) is 0 Å². The molecule has 0 unspecified atom stereocenters. The summed E-state index contributed by atoms with van der Waals surface area (Å²) in [7, 11) is 3.92. The van der Waals surface area contributed by atoms with Gasteiger partial charge in [-0.1, -0.05) is 0 Å². The first kappa shape index (κ1) is 6.43. The first-order chi connectivity index (χ1) is 3.27. The van der Waals surface area contributed by atoms with Crippen LogP contribution in [0.5, 0.6) is 0 Å². The molecule has 0 atom stereocenters. The predicted molar refractivity (Wildman–Crippen MR) is 31.2 cm³/mol. The molecule has 3 heteroatoms. The quantitative estimate of drug-likeness (QED) is 0.289. The number of hydrogen-bond donors (Lipinski definition) is 1. The number of hydrogen-bond acceptors (Lipinski definition) is 3. The van der Waals surface area contributed by atoms with Gasteiger partial charge in [-0.2, -0.15) is 5.10 Å². The zero-order chi connectivity index (χ0) is 5.70. The summed E-state index contributed by atoms with van der Waals surface area (Å²) in [5, 5.41) is 3.31. The van der Waals surface area contributed by atoms with Gasteiger partial charge in [-0.15, -0.1) is 0 Å². The highest BCUT2D eigenvalue weighted by molar-refractivity contribution is 5.58. The molecule has 0 saturated carbocycles. The topological polar surface area (TPSA) is 41.6 Å². The van der Waals surface area contributed by atoms with Gasteiger partial charge in [0.25, 0.3) is 0 Å². The summed E-state index contributed by atoms with van der Waals surface area (Å²) in [6, 6.07) is 0. The Morgan fingerprint density at radius 1 is 1.71 bits per heavy atom. The van der Waals surface area contributed by atoms with Crippen LogP contribution in [-0.4, -0.2) is 31.8 Å². The maximum atomic E-state index is 4.82. The summed E-state index contributed by atoms with van der Waals surface area (Å²) in [6.45, 7) is 0.816. The number of rotatable bonds is 2. The van der Waals surface area contributed by atoms with Gasteiger partial charge in [0.2, 0.25) is 0 Å². The third kappa shape index (κ3) is 5.43. The minimum absolute atomic E-state index is 0.816. The molecule has 3 nitrogen and oxygen atoms in total. The summed E-state index contributed by atoms with van der Waals surface area (Å²) < 4.78 is 0. The van der Waals surface area contributed by atoms with Crippen LogP contribution in [0, 0.1) is 0 Å². The zero-order valence-electron chi connectivity index (χ0n) is 4.76. The van der Waals surface area contributed by atoms with E-state index in [2.05, 4.69) is 5.10 Å². The van der Waals surface area contributed by atoms with Crippen molar-refractivity contribution in [2.75, 3.05) is 20.6 Å². The van der Waals surface area contributed by atoms with Crippen LogP contribution in [0.15, 0.2) is 5.10 Å². The zero-order valence-corrected chi connectivity index (χ0v) is 4.76. The largest absolute Gasteiger partial charge is 0.324 e. The van der Waals surface area contributed by atoms with Crippen molar-refractivity contribution in [2.45, 2.75) is 0 Å². The first-order valence-electron chi connectivity index (χ1n) is 2.14. The molecule has 0 aliphatic heterocycles. The summed E-state index contributed by atoms with van der Waals surface area (Å²) in [5.74, 6) is 4.82. The van der Waals surface area contributed by atoms with Crippen LogP contribution in [-0.2, 0) is 0 Å². The predicted octanol–water partition coefficient (Wildman–Crippen LogP) is -0.508. The highest BCUT2D eigenvalue weighted by Gasteiger charge is 1.78. The maximum Gasteiger partial charge on any atom is 0.0380 e. The Morgan fingerprint density at radius 3 is 2.43 bits per heavy atom. The van der Waals surface area contributed by atoms with Gasteiger partial charge in [0.1, 0.15) is 0 Å². The lowest BCUT2D eigenvalue weighted by atomic mass is 10.6. The standard InChI is InChI=1S/C4H11N3/c1-7(2)4-3-6-5/h3H,4-5H2,1-2H3.